The zero-order chi connectivity index (χ0) is 13.7. The zero-order valence-electron chi connectivity index (χ0n) is 11.1. The summed E-state index contributed by atoms with van der Waals surface area (Å²) in [6, 6.07) is 4.06. The van der Waals surface area contributed by atoms with Crippen molar-refractivity contribution in [3.8, 4) is 0 Å². The molecule has 0 spiro atoms. The number of rotatable bonds is 1. The first-order chi connectivity index (χ1) is 8.49. The number of hydrogen-bond donors (Lipinski definition) is 2. The van der Waals surface area contributed by atoms with Crippen LogP contribution in [0.5, 0.6) is 0 Å². The molecule has 0 aliphatic heterocycles. The van der Waals surface area contributed by atoms with E-state index in [1.165, 1.54) is 11.1 Å². The number of aromatic amines is 1. The Morgan fingerprint density at radius 2 is 1.89 bits per heavy atom. The van der Waals surface area contributed by atoms with E-state index in [2.05, 4.69) is 23.8 Å². The summed E-state index contributed by atoms with van der Waals surface area (Å²) in [5, 5.41) is 0.468. The molecular formula is C12H16N4S2Zn. The number of nitrogens with one attached hydrogen (secondary N) is 2. The van der Waals surface area contributed by atoms with E-state index in [-0.39, 0.29) is 19.5 Å². The molecule has 0 radical (unpaired) electrons. The van der Waals surface area contributed by atoms with Gasteiger partial charge in [-0.15, -0.1) is 6.54 Å². The van der Waals surface area contributed by atoms with Gasteiger partial charge >= 0.3 is 19.5 Å². The van der Waals surface area contributed by atoms with Gasteiger partial charge in [-0.3, -0.25) is 4.98 Å². The molecule has 19 heavy (non-hydrogen) atoms. The molecule has 4 nitrogen and oxygen atoms in total. The Morgan fingerprint density at radius 3 is 2.42 bits per heavy atom. The van der Waals surface area contributed by atoms with Gasteiger partial charge in [0.25, 0.3) is 0 Å². The molecule has 2 rings (SSSR count). The van der Waals surface area contributed by atoms with Crippen molar-refractivity contribution in [3.63, 3.8) is 0 Å². The number of nitrogens with two attached hydrogens (primary N) is 1. The van der Waals surface area contributed by atoms with Crippen LogP contribution in [0.15, 0.2) is 17.2 Å². The third kappa shape index (κ3) is 5.20. The summed E-state index contributed by atoms with van der Waals surface area (Å²) in [6.45, 7) is 4.95. The summed E-state index contributed by atoms with van der Waals surface area (Å²) < 4.78 is 0.538. The molecule has 0 amide bonds. The molecule has 2 aromatic rings. The molecule has 0 aliphatic carbocycles. The van der Waals surface area contributed by atoms with Gasteiger partial charge < -0.3 is 29.1 Å². The van der Waals surface area contributed by atoms with Gasteiger partial charge in [-0.05, 0) is 48.7 Å². The maximum Gasteiger partial charge on any atom is 2.00 e. The SMILES string of the molecule is Cc1cc2nc([S-])c(=S)[nH]c2cc1C.[NH-]CCN.[Zn+2]. The van der Waals surface area contributed by atoms with Crippen molar-refractivity contribution in [1.82, 2.24) is 9.97 Å². The molecule has 7 heteroatoms. The quantitative estimate of drug-likeness (QED) is 0.473. The standard InChI is InChI=1S/C10H10N2S2.C2H7N2.Zn/c1-5-3-7-8(4-6(5)2)12-10(14)9(13)11-7;3-1-2-4;/h3-4H,1-2H3,(H,11,13)(H,12,14);3H,1-2,4H2;/q;-1;+2/p-1. The van der Waals surface area contributed by atoms with Crippen LogP contribution in [-0.2, 0) is 32.1 Å². The third-order valence-corrected chi connectivity index (χ3v) is 3.14. The van der Waals surface area contributed by atoms with Crippen molar-refractivity contribution < 1.29 is 19.5 Å². The van der Waals surface area contributed by atoms with E-state index in [1.54, 1.807) is 0 Å². The topological polar surface area (TPSA) is 78.5 Å². The van der Waals surface area contributed by atoms with Crippen LogP contribution in [-0.4, -0.2) is 23.1 Å². The Bertz CT molecular complexity index is 596. The molecule has 0 atom stereocenters. The van der Waals surface area contributed by atoms with Gasteiger partial charge in [0.05, 0.1) is 11.0 Å². The fraction of sp³-hybridized carbons (Fsp3) is 0.333. The van der Waals surface area contributed by atoms with Gasteiger partial charge in [0.15, 0.2) is 0 Å². The summed E-state index contributed by atoms with van der Waals surface area (Å²) >= 11 is 10.0. The maximum atomic E-state index is 6.33. The predicted octanol–water partition coefficient (Wildman–Crippen LogP) is 2.81. The Kier molecular flexibility index (Phi) is 8.45. The van der Waals surface area contributed by atoms with E-state index in [9.17, 15) is 0 Å². The zero-order valence-corrected chi connectivity index (χ0v) is 15.7. The minimum Gasteiger partial charge on any atom is -0.757 e. The van der Waals surface area contributed by atoms with E-state index in [0.29, 0.717) is 22.8 Å². The second-order valence-electron chi connectivity index (χ2n) is 3.86. The molecule has 0 bridgehead atoms. The molecule has 98 valence electrons. The van der Waals surface area contributed by atoms with Crippen LogP contribution in [0.4, 0.5) is 0 Å². The molecule has 0 saturated heterocycles. The van der Waals surface area contributed by atoms with Gasteiger partial charge in [-0.25, -0.2) is 0 Å². The van der Waals surface area contributed by atoms with Crippen LogP contribution in [0, 0.1) is 18.5 Å². The molecule has 0 saturated carbocycles. The van der Waals surface area contributed by atoms with Crippen LogP contribution in [0.25, 0.3) is 16.8 Å². The molecular weight excluding hydrogens is 330 g/mol. The van der Waals surface area contributed by atoms with Crippen molar-refractivity contribution in [2.24, 2.45) is 5.73 Å². The van der Waals surface area contributed by atoms with Crippen molar-refractivity contribution >= 4 is 35.9 Å². The summed E-state index contributed by atoms with van der Waals surface area (Å²) in [5.41, 5.74) is 15.4. The molecule has 0 unspecified atom stereocenters. The van der Waals surface area contributed by atoms with Crippen molar-refractivity contribution in [3.05, 3.63) is 33.6 Å². The number of fused-ring (bicyclic) bond motifs is 1. The van der Waals surface area contributed by atoms with Crippen molar-refractivity contribution in [2.45, 2.75) is 18.9 Å². The number of aromatic nitrogens is 2. The summed E-state index contributed by atoms with van der Waals surface area (Å²) in [4.78, 5) is 7.33. The van der Waals surface area contributed by atoms with Crippen LogP contribution in [0.1, 0.15) is 11.1 Å². The first kappa shape index (κ1) is 18.5. The Hall–Kier alpha value is -0.457. The van der Waals surface area contributed by atoms with Gasteiger partial charge in [-0.1, -0.05) is 12.2 Å². The van der Waals surface area contributed by atoms with E-state index in [1.807, 2.05) is 12.1 Å². The molecule has 4 N–H and O–H groups in total. The second kappa shape index (κ2) is 8.66. The number of H-pyrrole nitrogens is 1. The summed E-state index contributed by atoms with van der Waals surface area (Å²) in [7, 11) is 0. The van der Waals surface area contributed by atoms with Crippen LogP contribution in [0.2, 0.25) is 0 Å². The Balaban J connectivity index is 0.000000576. The maximum absolute atomic E-state index is 6.33. The second-order valence-corrected chi connectivity index (χ2v) is 4.66. The Morgan fingerprint density at radius 1 is 1.37 bits per heavy atom. The number of hydrogen-bond acceptors (Lipinski definition) is 4. The van der Waals surface area contributed by atoms with E-state index >= 15 is 0 Å². The normalized spacial score (nSPS) is 9.47. The monoisotopic (exact) mass is 344 g/mol. The third-order valence-electron chi connectivity index (χ3n) is 2.42. The number of benzene rings is 1. The van der Waals surface area contributed by atoms with E-state index < -0.39 is 0 Å². The average Bonchev–Trinajstić information content (AvgIpc) is 2.34. The van der Waals surface area contributed by atoms with Gasteiger partial charge in [0.1, 0.15) is 4.64 Å². The van der Waals surface area contributed by atoms with Crippen LogP contribution < -0.4 is 5.73 Å². The largest absolute Gasteiger partial charge is 2.00 e. The average molecular weight is 346 g/mol. The number of nitrogens with zero attached hydrogens (tertiary/aromatic N) is 1. The van der Waals surface area contributed by atoms with Crippen molar-refractivity contribution in [2.75, 3.05) is 13.1 Å². The van der Waals surface area contributed by atoms with Crippen molar-refractivity contribution in [1.29, 1.82) is 0 Å². The molecule has 0 aliphatic rings. The van der Waals surface area contributed by atoms with Gasteiger partial charge in [-0.2, -0.15) is 0 Å². The Labute approximate surface area is 136 Å². The molecule has 1 aromatic carbocycles. The number of aryl methyl sites for hydroxylation is 2. The summed E-state index contributed by atoms with van der Waals surface area (Å²) in [5.74, 6) is 0. The first-order valence-corrected chi connectivity index (χ1v) is 6.34. The first-order valence-electron chi connectivity index (χ1n) is 5.52. The molecule has 0 fully saturated rings. The van der Waals surface area contributed by atoms with E-state index in [0.717, 1.165) is 11.0 Å². The molecule has 1 aromatic heterocycles. The van der Waals surface area contributed by atoms with Crippen LogP contribution in [0.3, 0.4) is 0 Å². The smallest absolute Gasteiger partial charge is 0.757 e. The van der Waals surface area contributed by atoms with E-state index in [4.69, 9.17) is 36.3 Å². The van der Waals surface area contributed by atoms with Gasteiger partial charge in [0, 0.05) is 0 Å². The fourth-order valence-corrected chi connectivity index (χ4v) is 1.63. The predicted molar refractivity (Wildman–Crippen MR) is 80.3 cm³/mol. The minimum absolute atomic E-state index is 0. The van der Waals surface area contributed by atoms with Gasteiger partial charge in [0.2, 0.25) is 0 Å². The minimum atomic E-state index is 0. The molecule has 1 heterocycles. The van der Waals surface area contributed by atoms with Crippen LogP contribution >= 0.6 is 12.2 Å². The fourth-order valence-electron chi connectivity index (χ4n) is 1.33. The summed E-state index contributed by atoms with van der Waals surface area (Å²) in [6.07, 6.45) is 0.